The lowest BCUT2D eigenvalue weighted by molar-refractivity contribution is -0.937. The average Bonchev–Trinajstić information content (AvgIpc) is 2.74. The van der Waals surface area contributed by atoms with E-state index in [1.54, 1.807) is 11.1 Å². The van der Waals surface area contributed by atoms with Crippen molar-refractivity contribution in [3.05, 3.63) is 57.3 Å². The second-order valence-electron chi connectivity index (χ2n) is 5.69. The molecule has 0 saturated heterocycles. The molecular weight excluding hydrogens is 365 g/mol. The van der Waals surface area contributed by atoms with Crippen LogP contribution in [-0.2, 0) is 19.5 Å². The molecule has 2 heterocycles. The SMILES string of the molecule is Cc1ccc(C[N+]2(C)CCc3ccccc3C2)s1.[I-]. The topological polar surface area (TPSA) is 0 Å². The van der Waals surface area contributed by atoms with Crippen LogP contribution in [0.2, 0.25) is 0 Å². The highest BCUT2D eigenvalue weighted by molar-refractivity contribution is 7.11. The molecule has 1 aromatic carbocycles. The average molecular weight is 385 g/mol. The van der Waals surface area contributed by atoms with E-state index < -0.39 is 0 Å². The number of fused-ring (bicyclic) bond motifs is 1. The first-order valence-corrected chi connectivity index (χ1v) is 7.42. The maximum Gasteiger partial charge on any atom is 0.114 e. The van der Waals surface area contributed by atoms with Crippen molar-refractivity contribution in [2.45, 2.75) is 26.4 Å². The number of likely N-dealkylation sites (N-methyl/N-ethyl adjacent to an activating group) is 1. The molecule has 2 aromatic rings. The van der Waals surface area contributed by atoms with Gasteiger partial charge in [0.1, 0.15) is 13.1 Å². The number of benzene rings is 1. The van der Waals surface area contributed by atoms with Gasteiger partial charge < -0.3 is 28.5 Å². The second-order valence-corrected chi connectivity index (χ2v) is 7.06. The standard InChI is InChI=1S/C16H20NS.HI/c1-13-7-8-16(18-13)12-17(2)10-9-14-5-3-4-6-15(14)11-17;/h3-8H,9-12H2,1-2H3;1H/q+1;/p-1. The van der Waals surface area contributed by atoms with Gasteiger partial charge in [0.25, 0.3) is 0 Å². The predicted octanol–water partition coefficient (Wildman–Crippen LogP) is 0.763. The molecule has 0 saturated carbocycles. The summed E-state index contributed by atoms with van der Waals surface area (Å²) >= 11 is 1.95. The molecule has 0 spiro atoms. The summed E-state index contributed by atoms with van der Waals surface area (Å²) in [6, 6.07) is 13.5. The Kier molecular flexibility index (Phi) is 4.69. The molecule has 0 radical (unpaired) electrons. The van der Waals surface area contributed by atoms with Gasteiger partial charge in [-0.25, -0.2) is 0 Å². The molecule has 1 aliphatic heterocycles. The Labute approximate surface area is 136 Å². The molecule has 1 unspecified atom stereocenters. The molecule has 0 aliphatic carbocycles. The zero-order chi connectivity index (χ0) is 12.6. The van der Waals surface area contributed by atoms with Crippen molar-refractivity contribution in [1.29, 1.82) is 0 Å². The van der Waals surface area contributed by atoms with E-state index in [9.17, 15) is 0 Å². The Hall–Kier alpha value is -0.390. The molecule has 19 heavy (non-hydrogen) atoms. The summed E-state index contributed by atoms with van der Waals surface area (Å²) < 4.78 is 1.15. The maximum absolute atomic E-state index is 2.39. The zero-order valence-electron chi connectivity index (χ0n) is 11.5. The van der Waals surface area contributed by atoms with Crippen LogP contribution in [0.15, 0.2) is 36.4 Å². The molecule has 3 rings (SSSR count). The van der Waals surface area contributed by atoms with Crippen molar-refractivity contribution in [2.24, 2.45) is 0 Å². The highest BCUT2D eigenvalue weighted by atomic mass is 127. The van der Waals surface area contributed by atoms with Gasteiger partial charge in [-0.05, 0) is 24.6 Å². The normalized spacial score (nSPS) is 21.6. The number of thiophene rings is 1. The summed E-state index contributed by atoms with van der Waals surface area (Å²) in [5.74, 6) is 0. The van der Waals surface area contributed by atoms with Gasteiger partial charge in [0.15, 0.2) is 0 Å². The number of aryl methyl sites for hydroxylation is 1. The van der Waals surface area contributed by atoms with E-state index in [2.05, 4.69) is 50.4 Å². The fraction of sp³-hybridized carbons (Fsp3) is 0.375. The molecule has 0 N–H and O–H groups in total. The van der Waals surface area contributed by atoms with Crippen molar-refractivity contribution in [1.82, 2.24) is 0 Å². The van der Waals surface area contributed by atoms with Gasteiger partial charge >= 0.3 is 0 Å². The lowest BCUT2D eigenvalue weighted by atomic mass is 9.98. The minimum atomic E-state index is 0. The molecule has 0 bridgehead atoms. The van der Waals surface area contributed by atoms with Gasteiger partial charge in [-0.2, -0.15) is 0 Å². The van der Waals surface area contributed by atoms with Crippen LogP contribution in [0.4, 0.5) is 0 Å². The smallest absolute Gasteiger partial charge is 0.114 e. The fourth-order valence-electron chi connectivity index (χ4n) is 2.92. The highest BCUT2D eigenvalue weighted by Gasteiger charge is 2.28. The van der Waals surface area contributed by atoms with Gasteiger partial charge in [0.2, 0.25) is 0 Å². The van der Waals surface area contributed by atoms with Gasteiger partial charge in [0.05, 0.1) is 18.5 Å². The first kappa shape index (κ1) is 15.0. The minimum Gasteiger partial charge on any atom is -1.00 e. The minimum absolute atomic E-state index is 0. The molecule has 1 aliphatic rings. The second kappa shape index (κ2) is 5.94. The quantitative estimate of drug-likeness (QED) is 0.529. The Morgan fingerprint density at radius 2 is 1.84 bits per heavy atom. The first-order valence-electron chi connectivity index (χ1n) is 6.60. The van der Waals surface area contributed by atoms with E-state index in [-0.39, 0.29) is 24.0 Å². The summed E-state index contributed by atoms with van der Waals surface area (Å²) in [4.78, 5) is 2.95. The van der Waals surface area contributed by atoms with E-state index in [0.29, 0.717) is 0 Å². The largest absolute Gasteiger partial charge is 1.00 e. The van der Waals surface area contributed by atoms with Gasteiger partial charge in [0, 0.05) is 16.9 Å². The van der Waals surface area contributed by atoms with Crippen LogP contribution in [-0.4, -0.2) is 18.1 Å². The molecule has 1 aromatic heterocycles. The van der Waals surface area contributed by atoms with Crippen LogP contribution < -0.4 is 24.0 Å². The van der Waals surface area contributed by atoms with Crippen molar-refractivity contribution in [3.8, 4) is 0 Å². The third kappa shape index (κ3) is 3.38. The summed E-state index contributed by atoms with van der Waals surface area (Å²) in [5, 5.41) is 0. The first-order chi connectivity index (χ1) is 8.65. The van der Waals surface area contributed by atoms with E-state index in [4.69, 9.17) is 0 Å². The van der Waals surface area contributed by atoms with Crippen molar-refractivity contribution < 1.29 is 28.5 Å². The number of halogens is 1. The van der Waals surface area contributed by atoms with Crippen molar-refractivity contribution in [3.63, 3.8) is 0 Å². The van der Waals surface area contributed by atoms with Crippen LogP contribution in [0.1, 0.15) is 20.9 Å². The third-order valence-electron chi connectivity index (χ3n) is 3.93. The molecule has 1 atom stereocenters. The molecule has 1 nitrogen and oxygen atoms in total. The van der Waals surface area contributed by atoms with Crippen LogP contribution in [0.25, 0.3) is 0 Å². The Balaban J connectivity index is 0.00000133. The lowest BCUT2D eigenvalue weighted by Gasteiger charge is -2.38. The van der Waals surface area contributed by atoms with E-state index in [0.717, 1.165) is 4.48 Å². The van der Waals surface area contributed by atoms with Crippen LogP contribution in [0, 0.1) is 6.92 Å². The monoisotopic (exact) mass is 385 g/mol. The Bertz CT molecular complexity index is 563. The molecule has 0 fully saturated rings. The molecule has 3 heteroatoms. The van der Waals surface area contributed by atoms with Gasteiger partial charge in [-0.3, -0.25) is 0 Å². The van der Waals surface area contributed by atoms with E-state index in [1.165, 1.54) is 35.8 Å². The molecule has 0 amide bonds. The van der Waals surface area contributed by atoms with Gasteiger partial charge in [-0.15, -0.1) is 11.3 Å². The van der Waals surface area contributed by atoms with Crippen molar-refractivity contribution in [2.75, 3.05) is 13.6 Å². The fourth-order valence-corrected chi connectivity index (χ4v) is 3.98. The summed E-state index contributed by atoms with van der Waals surface area (Å²) in [5.41, 5.74) is 3.09. The Morgan fingerprint density at radius 1 is 1.11 bits per heavy atom. The Morgan fingerprint density at radius 3 is 2.53 bits per heavy atom. The summed E-state index contributed by atoms with van der Waals surface area (Å²) in [6.45, 7) is 5.80. The number of hydrogen-bond donors (Lipinski definition) is 0. The zero-order valence-corrected chi connectivity index (χ0v) is 14.5. The number of rotatable bonds is 2. The third-order valence-corrected chi connectivity index (χ3v) is 4.91. The highest BCUT2D eigenvalue weighted by Crippen LogP contribution is 2.27. The summed E-state index contributed by atoms with van der Waals surface area (Å²) in [7, 11) is 2.39. The summed E-state index contributed by atoms with van der Waals surface area (Å²) in [6.07, 6.45) is 1.22. The van der Waals surface area contributed by atoms with Crippen LogP contribution in [0.5, 0.6) is 0 Å². The molecule has 102 valence electrons. The van der Waals surface area contributed by atoms with Crippen LogP contribution in [0.3, 0.4) is 0 Å². The van der Waals surface area contributed by atoms with Crippen LogP contribution >= 0.6 is 11.3 Å². The predicted molar refractivity (Wildman–Crippen MR) is 77.7 cm³/mol. The number of nitrogens with zero attached hydrogens (tertiary/aromatic N) is 1. The number of quaternary nitrogens is 1. The van der Waals surface area contributed by atoms with E-state index in [1.807, 2.05) is 11.3 Å². The maximum atomic E-state index is 2.39. The molecular formula is C16H20INS. The van der Waals surface area contributed by atoms with Crippen molar-refractivity contribution >= 4 is 11.3 Å². The van der Waals surface area contributed by atoms with Gasteiger partial charge in [-0.1, -0.05) is 24.3 Å². The number of hydrogen-bond acceptors (Lipinski definition) is 1. The van der Waals surface area contributed by atoms with E-state index >= 15 is 0 Å². The lowest BCUT2D eigenvalue weighted by Crippen LogP contribution is -3.00.